The lowest BCUT2D eigenvalue weighted by Gasteiger charge is -2.42. The molecule has 2 aromatic carbocycles. The summed E-state index contributed by atoms with van der Waals surface area (Å²) >= 11 is 0. The van der Waals surface area contributed by atoms with Crippen LogP contribution in [-0.2, 0) is 16.1 Å². The molecule has 0 radical (unpaired) electrons. The van der Waals surface area contributed by atoms with Crippen molar-refractivity contribution in [3.8, 4) is 0 Å². The number of carbonyl (C=O) groups excluding carboxylic acids is 1. The fourth-order valence-electron chi connectivity index (χ4n) is 4.75. The van der Waals surface area contributed by atoms with Crippen LogP contribution in [0.5, 0.6) is 0 Å². The lowest BCUT2D eigenvalue weighted by molar-refractivity contribution is -0.123. The monoisotopic (exact) mass is 504 g/mol. The second-order valence-electron chi connectivity index (χ2n) is 9.15. The van der Waals surface area contributed by atoms with Gasteiger partial charge in [-0.25, -0.2) is 18.0 Å². The summed E-state index contributed by atoms with van der Waals surface area (Å²) in [6.45, 7) is 1.51. The van der Waals surface area contributed by atoms with Crippen LogP contribution in [0.1, 0.15) is 31.2 Å². The summed E-state index contributed by atoms with van der Waals surface area (Å²) in [5, 5.41) is 2.85. The van der Waals surface area contributed by atoms with Crippen LogP contribution in [0.2, 0.25) is 0 Å². The topological polar surface area (TPSA) is 107 Å². The molecule has 36 heavy (non-hydrogen) atoms. The maximum absolute atomic E-state index is 13.5. The number of halogens is 3. The molecular weight excluding hydrogens is 477 g/mol. The van der Waals surface area contributed by atoms with Crippen molar-refractivity contribution in [2.75, 3.05) is 20.3 Å². The summed E-state index contributed by atoms with van der Waals surface area (Å²) in [6, 6.07) is 7.43. The molecule has 11 heteroatoms. The number of aromatic amines is 2. The van der Waals surface area contributed by atoms with Crippen molar-refractivity contribution < 1.29 is 22.7 Å². The van der Waals surface area contributed by atoms with Crippen LogP contribution < -0.4 is 16.6 Å². The molecule has 2 aliphatic heterocycles. The zero-order valence-corrected chi connectivity index (χ0v) is 19.7. The van der Waals surface area contributed by atoms with Gasteiger partial charge in [0.1, 0.15) is 17.5 Å². The summed E-state index contributed by atoms with van der Waals surface area (Å²) in [7, 11) is 2.10. The molecule has 2 unspecified atom stereocenters. The van der Waals surface area contributed by atoms with Crippen molar-refractivity contribution in [2.45, 2.75) is 43.8 Å². The number of likely N-dealkylation sites (N-methyl/N-ethyl adjacent to an activating group) is 1. The predicted molar refractivity (Wildman–Crippen MR) is 127 cm³/mol. The Hall–Kier alpha value is -3.44. The van der Waals surface area contributed by atoms with E-state index in [9.17, 15) is 27.6 Å². The number of ether oxygens (including phenoxy) is 1. The highest BCUT2D eigenvalue weighted by atomic mass is 19.1. The van der Waals surface area contributed by atoms with E-state index in [4.69, 9.17) is 4.74 Å². The molecule has 2 saturated heterocycles. The van der Waals surface area contributed by atoms with E-state index in [1.54, 1.807) is 0 Å². The van der Waals surface area contributed by atoms with Crippen molar-refractivity contribution in [2.24, 2.45) is 0 Å². The molecule has 2 bridgehead atoms. The average molecular weight is 505 g/mol. The number of H-pyrrole nitrogens is 2. The normalized spacial score (nSPS) is 21.2. The first kappa shape index (κ1) is 25.6. The van der Waals surface area contributed by atoms with Crippen LogP contribution in [0.4, 0.5) is 13.2 Å². The number of aromatic nitrogens is 2. The molecule has 3 heterocycles. The third-order valence-corrected chi connectivity index (χ3v) is 6.93. The average Bonchev–Trinajstić information content (AvgIpc) is 3.00. The van der Waals surface area contributed by atoms with E-state index < -0.39 is 28.7 Å². The maximum atomic E-state index is 13.5. The number of hydrogen-bond acceptors (Lipinski definition) is 5. The van der Waals surface area contributed by atoms with Gasteiger partial charge in [0.15, 0.2) is 0 Å². The van der Waals surface area contributed by atoms with Gasteiger partial charge in [-0.05, 0) is 50.6 Å². The summed E-state index contributed by atoms with van der Waals surface area (Å²) in [6.07, 6.45) is 3.27. The molecule has 2 aliphatic rings. The first-order valence-corrected chi connectivity index (χ1v) is 11.6. The lowest BCUT2D eigenvalue weighted by Crippen LogP contribution is -2.53. The van der Waals surface area contributed by atoms with Crippen molar-refractivity contribution >= 4 is 16.8 Å². The van der Waals surface area contributed by atoms with Crippen LogP contribution in [0, 0.1) is 17.5 Å². The van der Waals surface area contributed by atoms with Gasteiger partial charge >= 0.3 is 5.69 Å². The van der Waals surface area contributed by atoms with Crippen molar-refractivity contribution in [3.05, 3.63) is 80.3 Å². The maximum Gasteiger partial charge on any atom is 0.326 e. The minimum atomic E-state index is -0.636. The molecule has 2 fully saturated rings. The van der Waals surface area contributed by atoms with E-state index in [1.165, 1.54) is 24.3 Å². The van der Waals surface area contributed by atoms with Crippen LogP contribution in [0.15, 0.2) is 46.0 Å². The molecule has 8 nitrogen and oxygen atoms in total. The van der Waals surface area contributed by atoms with Gasteiger partial charge in [0.2, 0.25) is 5.91 Å². The van der Waals surface area contributed by atoms with E-state index in [2.05, 4.69) is 22.2 Å². The van der Waals surface area contributed by atoms with Crippen molar-refractivity contribution in [1.82, 2.24) is 20.2 Å². The third-order valence-electron chi connectivity index (χ3n) is 6.93. The highest BCUT2D eigenvalue weighted by Gasteiger charge is 2.47. The summed E-state index contributed by atoms with van der Waals surface area (Å²) in [5.74, 6) is -1.88. The number of morpholine rings is 1. The van der Waals surface area contributed by atoms with Crippen LogP contribution in [-0.4, -0.2) is 52.6 Å². The van der Waals surface area contributed by atoms with E-state index in [-0.39, 0.29) is 28.9 Å². The Balaban J connectivity index is 0.000000197. The second-order valence-corrected chi connectivity index (χ2v) is 9.15. The van der Waals surface area contributed by atoms with Gasteiger partial charge in [-0.2, -0.15) is 0 Å². The molecule has 2 atom stereocenters. The number of amides is 1. The number of hydrogen-bond donors (Lipinski definition) is 3. The third kappa shape index (κ3) is 5.68. The number of carbonyl (C=O) groups is 1. The summed E-state index contributed by atoms with van der Waals surface area (Å²) < 4.78 is 44.7. The first-order chi connectivity index (χ1) is 17.2. The zero-order valence-electron chi connectivity index (χ0n) is 19.7. The van der Waals surface area contributed by atoms with Gasteiger partial charge in [0, 0.05) is 36.2 Å². The Bertz CT molecular complexity index is 1370. The Morgan fingerprint density at radius 2 is 1.89 bits per heavy atom. The highest BCUT2D eigenvalue weighted by Crippen LogP contribution is 2.39. The number of benzene rings is 2. The van der Waals surface area contributed by atoms with E-state index in [0.717, 1.165) is 38.0 Å². The van der Waals surface area contributed by atoms with Gasteiger partial charge in [-0.15, -0.1) is 0 Å². The molecule has 5 rings (SSSR count). The predicted octanol–water partition coefficient (Wildman–Crippen LogP) is 2.58. The van der Waals surface area contributed by atoms with E-state index in [1.807, 2.05) is 4.98 Å². The number of nitrogens with zero attached hydrogens (tertiary/aromatic N) is 1. The molecular formula is C25H27F3N4O4. The fourth-order valence-corrected chi connectivity index (χ4v) is 4.75. The van der Waals surface area contributed by atoms with E-state index in [0.29, 0.717) is 24.6 Å². The van der Waals surface area contributed by atoms with Crippen LogP contribution in [0.25, 0.3) is 10.9 Å². The van der Waals surface area contributed by atoms with Gasteiger partial charge in [0.05, 0.1) is 24.1 Å². The molecule has 192 valence electrons. The van der Waals surface area contributed by atoms with Gasteiger partial charge < -0.3 is 15.0 Å². The van der Waals surface area contributed by atoms with Crippen molar-refractivity contribution in [3.63, 3.8) is 0 Å². The number of rotatable bonds is 5. The van der Waals surface area contributed by atoms with Gasteiger partial charge in [-0.1, -0.05) is 6.07 Å². The quantitative estimate of drug-likeness (QED) is 0.495. The minimum Gasteiger partial charge on any atom is -0.378 e. The number of fused-ring (bicyclic) bond motifs is 3. The van der Waals surface area contributed by atoms with Crippen LogP contribution in [0.3, 0.4) is 0 Å². The second kappa shape index (κ2) is 10.7. The largest absolute Gasteiger partial charge is 0.378 e. The first-order valence-electron chi connectivity index (χ1n) is 11.6. The van der Waals surface area contributed by atoms with Crippen molar-refractivity contribution in [1.29, 1.82) is 0 Å². The molecule has 0 spiro atoms. The summed E-state index contributed by atoms with van der Waals surface area (Å²) in [5.41, 5.74) is -0.601. The number of nitrogens with one attached hydrogen (secondary N) is 3. The standard InChI is InChI=1S/C17H22F2N2O2.C8H5FN2O2/c1-21-14-4-6-17(21,11-23-10-14)7-5-16(22)20-9-12-2-3-13(18)8-15(12)19;9-4-1-2-6-5(3-4)7(12)11-8(13)10-6/h2-3,8,14H,4-7,9-11H2,1H3,(H,20,22);1-3H,(H2,10,11,12,13). The van der Waals surface area contributed by atoms with Crippen LogP contribution >= 0.6 is 0 Å². The molecule has 0 aliphatic carbocycles. The Morgan fingerprint density at radius 3 is 2.67 bits per heavy atom. The Labute approximate surface area is 204 Å². The molecule has 3 aromatic rings. The fraction of sp³-hybridized carbons (Fsp3) is 0.400. The molecule has 3 N–H and O–H groups in total. The lowest BCUT2D eigenvalue weighted by atomic mass is 9.91. The van der Waals surface area contributed by atoms with E-state index >= 15 is 0 Å². The molecule has 1 amide bonds. The SMILES string of the molecule is CN1C2CCC1(CCC(=O)NCc1ccc(F)cc1F)COC2.O=c1[nH]c(=O)c2cc(F)ccc2[nH]1. The highest BCUT2D eigenvalue weighted by molar-refractivity contribution is 5.77. The Morgan fingerprint density at radius 1 is 1.14 bits per heavy atom. The van der Waals surface area contributed by atoms with Gasteiger partial charge in [-0.3, -0.25) is 19.5 Å². The van der Waals surface area contributed by atoms with Gasteiger partial charge in [0.25, 0.3) is 5.56 Å². The zero-order chi connectivity index (χ0) is 25.9. The minimum absolute atomic E-state index is 0.0403. The molecule has 0 saturated carbocycles. The smallest absolute Gasteiger partial charge is 0.326 e. The molecule has 1 aromatic heterocycles. The Kier molecular flexibility index (Phi) is 7.60. The summed E-state index contributed by atoms with van der Waals surface area (Å²) in [4.78, 5) is 40.7.